The molecule has 2 atom stereocenters. The molecule has 80 valence electrons. The summed E-state index contributed by atoms with van der Waals surface area (Å²) < 4.78 is 0. The number of carbonyl (C=O) groups excluding carboxylic acids is 2. The van der Waals surface area contributed by atoms with Gasteiger partial charge >= 0.3 is 0 Å². The minimum Gasteiger partial charge on any atom is -0.303 e. The zero-order chi connectivity index (χ0) is 10.6. The maximum absolute atomic E-state index is 11.3. The molecule has 2 unspecified atom stereocenters. The molecule has 1 fully saturated rings. The molecule has 0 spiro atoms. The molecule has 0 aromatic rings. The van der Waals surface area contributed by atoms with Crippen LogP contribution >= 0.6 is 0 Å². The summed E-state index contributed by atoms with van der Waals surface area (Å²) in [6.45, 7) is 4.18. The van der Waals surface area contributed by atoms with Gasteiger partial charge in [-0.2, -0.15) is 0 Å². The van der Waals surface area contributed by atoms with Crippen LogP contribution < -0.4 is 10.6 Å². The van der Waals surface area contributed by atoms with E-state index in [9.17, 15) is 9.59 Å². The topological polar surface area (TPSA) is 58.2 Å². The first-order chi connectivity index (χ1) is 6.63. The molecule has 2 amide bonds. The van der Waals surface area contributed by atoms with E-state index < -0.39 is 0 Å². The smallest absolute Gasteiger partial charge is 0.243 e. The highest BCUT2D eigenvalue weighted by molar-refractivity contribution is 6.00. The number of piperidine rings is 1. The molecule has 4 nitrogen and oxygen atoms in total. The van der Waals surface area contributed by atoms with Crippen LogP contribution in [0.25, 0.3) is 0 Å². The van der Waals surface area contributed by atoms with Gasteiger partial charge < -0.3 is 5.32 Å². The number of imide groups is 1. The fraction of sp³-hybridized carbons (Fsp3) is 0.800. The average molecular weight is 198 g/mol. The van der Waals surface area contributed by atoms with Gasteiger partial charge in [-0.25, -0.2) is 0 Å². The van der Waals surface area contributed by atoms with E-state index in [-0.39, 0.29) is 17.9 Å². The van der Waals surface area contributed by atoms with Crippen molar-refractivity contribution in [3.05, 3.63) is 0 Å². The van der Waals surface area contributed by atoms with Gasteiger partial charge in [-0.15, -0.1) is 0 Å². The van der Waals surface area contributed by atoms with Crippen LogP contribution in [0.1, 0.15) is 39.5 Å². The van der Waals surface area contributed by atoms with Crippen molar-refractivity contribution in [1.29, 1.82) is 0 Å². The Morgan fingerprint density at radius 3 is 2.86 bits per heavy atom. The molecule has 2 N–H and O–H groups in total. The summed E-state index contributed by atoms with van der Waals surface area (Å²) >= 11 is 0. The summed E-state index contributed by atoms with van der Waals surface area (Å²) in [6.07, 6.45) is 3.22. The first kappa shape index (κ1) is 11.2. The maximum atomic E-state index is 11.3. The molecule has 0 aliphatic carbocycles. The molecule has 1 aliphatic rings. The highest BCUT2D eigenvalue weighted by Crippen LogP contribution is 2.06. The summed E-state index contributed by atoms with van der Waals surface area (Å²) in [5.74, 6) is -0.333. The standard InChI is InChI=1S/C10H18N2O2/c1-3-4-7(2)11-8-5-6-9(13)12-10(8)14/h7-8,11H,3-6H2,1-2H3,(H,12,13,14). The third-order valence-electron chi connectivity index (χ3n) is 2.45. The first-order valence-corrected chi connectivity index (χ1v) is 5.23. The lowest BCUT2D eigenvalue weighted by Gasteiger charge is -2.25. The molecule has 0 bridgehead atoms. The fourth-order valence-electron chi connectivity index (χ4n) is 1.71. The predicted octanol–water partition coefficient (Wildman–Crippen LogP) is 0.570. The van der Waals surface area contributed by atoms with Crippen molar-refractivity contribution in [1.82, 2.24) is 10.6 Å². The third-order valence-corrected chi connectivity index (χ3v) is 2.45. The zero-order valence-electron chi connectivity index (χ0n) is 8.80. The Labute approximate surface area is 84.4 Å². The van der Waals surface area contributed by atoms with Gasteiger partial charge in [0.05, 0.1) is 6.04 Å². The number of nitrogens with one attached hydrogen (secondary N) is 2. The monoisotopic (exact) mass is 198 g/mol. The van der Waals surface area contributed by atoms with Gasteiger partial charge in [0.25, 0.3) is 0 Å². The minimum atomic E-state index is -0.186. The molecule has 14 heavy (non-hydrogen) atoms. The fourth-order valence-corrected chi connectivity index (χ4v) is 1.71. The van der Waals surface area contributed by atoms with E-state index in [1.54, 1.807) is 0 Å². The van der Waals surface area contributed by atoms with Crippen molar-refractivity contribution in [2.45, 2.75) is 51.6 Å². The lowest BCUT2D eigenvalue weighted by Crippen LogP contribution is -2.52. The summed E-state index contributed by atoms with van der Waals surface area (Å²) in [5, 5.41) is 5.56. The Morgan fingerprint density at radius 2 is 2.29 bits per heavy atom. The van der Waals surface area contributed by atoms with Crippen molar-refractivity contribution in [3.8, 4) is 0 Å². The number of hydrogen-bond acceptors (Lipinski definition) is 3. The normalized spacial score (nSPS) is 24.6. The van der Waals surface area contributed by atoms with E-state index in [4.69, 9.17) is 0 Å². The Kier molecular flexibility index (Phi) is 4.07. The van der Waals surface area contributed by atoms with Crippen molar-refractivity contribution in [3.63, 3.8) is 0 Å². The number of hydrogen-bond donors (Lipinski definition) is 2. The van der Waals surface area contributed by atoms with Gasteiger partial charge in [-0.1, -0.05) is 13.3 Å². The van der Waals surface area contributed by atoms with E-state index in [1.165, 1.54) is 0 Å². The van der Waals surface area contributed by atoms with Crippen LogP contribution in [0.4, 0.5) is 0 Å². The van der Waals surface area contributed by atoms with Crippen LogP contribution in [0.5, 0.6) is 0 Å². The van der Waals surface area contributed by atoms with Gasteiger partial charge in [-0.05, 0) is 19.8 Å². The first-order valence-electron chi connectivity index (χ1n) is 5.23. The zero-order valence-corrected chi connectivity index (χ0v) is 8.80. The Balaban J connectivity index is 2.37. The molecule has 4 heteroatoms. The number of amides is 2. The summed E-state index contributed by atoms with van der Waals surface area (Å²) in [7, 11) is 0. The molecule has 1 aliphatic heterocycles. The number of carbonyl (C=O) groups is 2. The van der Waals surface area contributed by atoms with Gasteiger partial charge in [0.1, 0.15) is 0 Å². The molecule has 0 saturated carbocycles. The van der Waals surface area contributed by atoms with Gasteiger partial charge in [-0.3, -0.25) is 14.9 Å². The second-order valence-electron chi connectivity index (χ2n) is 3.86. The summed E-state index contributed by atoms with van der Waals surface area (Å²) in [4.78, 5) is 22.2. The van der Waals surface area contributed by atoms with Crippen LogP contribution in [-0.4, -0.2) is 23.9 Å². The highest BCUT2D eigenvalue weighted by Gasteiger charge is 2.26. The number of rotatable bonds is 4. The quantitative estimate of drug-likeness (QED) is 0.649. The molecule has 1 rings (SSSR count). The Bertz CT molecular complexity index is 228. The van der Waals surface area contributed by atoms with Crippen LogP contribution in [-0.2, 0) is 9.59 Å². The van der Waals surface area contributed by atoms with Crippen LogP contribution in [0.2, 0.25) is 0 Å². The van der Waals surface area contributed by atoms with Gasteiger partial charge in [0.15, 0.2) is 0 Å². The molecular formula is C10H18N2O2. The van der Waals surface area contributed by atoms with E-state index in [0.717, 1.165) is 12.8 Å². The Morgan fingerprint density at radius 1 is 1.57 bits per heavy atom. The van der Waals surface area contributed by atoms with Crippen LogP contribution in [0.15, 0.2) is 0 Å². The molecule has 1 heterocycles. The minimum absolute atomic E-state index is 0.156. The van der Waals surface area contributed by atoms with Gasteiger partial charge in [0.2, 0.25) is 11.8 Å². The molecular weight excluding hydrogens is 180 g/mol. The van der Waals surface area contributed by atoms with E-state index in [0.29, 0.717) is 18.9 Å². The van der Waals surface area contributed by atoms with E-state index in [1.807, 2.05) is 0 Å². The largest absolute Gasteiger partial charge is 0.303 e. The predicted molar refractivity (Wildman–Crippen MR) is 53.7 cm³/mol. The molecule has 0 aromatic carbocycles. The Hall–Kier alpha value is -0.900. The molecule has 1 saturated heterocycles. The second kappa shape index (κ2) is 5.10. The van der Waals surface area contributed by atoms with Crippen molar-refractivity contribution in [2.75, 3.05) is 0 Å². The van der Waals surface area contributed by atoms with Gasteiger partial charge in [0, 0.05) is 12.5 Å². The van der Waals surface area contributed by atoms with Crippen molar-refractivity contribution in [2.24, 2.45) is 0 Å². The van der Waals surface area contributed by atoms with Crippen molar-refractivity contribution < 1.29 is 9.59 Å². The average Bonchev–Trinajstić information content (AvgIpc) is 2.10. The highest BCUT2D eigenvalue weighted by atomic mass is 16.2. The van der Waals surface area contributed by atoms with E-state index in [2.05, 4.69) is 24.5 Å². The molecule has 0 radical (unpaired) electrons. The van der Waals surface area contributed by atoms with Crippen LogP contribution in [0.3, 0.4) is 0 Å². The van der Waals surface area contributed by atoms with E-state index >= 15 is 0 Å². The molecule has 0 aromatic heterocycles. The third kappa shape index (κ3) is 3.10. The summed E-state index contributed by atoms with van der Waals surface area (Å²) in [5.41, 5.74) is 0. The second-order valence-corrected chi connectivity index (χ2v) is 3.86. The maximum Gasteiger partial charge on any atom is 0.243 e. The SMILES string of the molecule is CCCC(C)NC1CCC(=O)NC1=O. The lowest BCUT2D eigenvalue weighted by atomic mass is 10.0. The van der Waals surface area contributed by atoms with Crippen molar-refractivity contribution >= 4 is 11.8 Å². The summed E-state index contributed by atoms with van der Waals surface area (Å²) in [6, 6.07) is 0.151. The lowest BCUT2D eigenvalue weighted by molar-refractivity contribution is -0.134. The van der Waals surface area contributed by atoms with Crippen LogP contribution in [0, 0.1) is 0 Å².